The van der Waals surface area contributed by atoms with Crippen LogP contribution in [0.25, 0.3) is 0 Å². The van der Waals surface area contributed by atoms with Crippen LogP contribution in [0.4, 0.5) is 5.69 Å². The number of benzene rings is 2. The van der Waals surface area contributed by atoms with Crippen LogP contribution < -0.4 is 9.04 Å². The Kier molecular flexibility index (Phi) is 3.43. The highest BCUT2D eigenvalue weighted by Gasteiger charge is 2.29. The molecular formula is C14H12BrNO3S. The first-order valence-electron chi connectivity index (χ1n) is 6.09. The summed E-state index contributed by atoms with van der Waals surface area (Å²) in [5.74, 6) is 0.595. The predicted octanol–water partition coefficient (Wildman–Crippen LogP) is 3.04. The van der Waals surface area contributed by atoms with E-state index in [0.29, 0.717) is 24.6 Å². The zero-order valence-corrected chi connectivity index (χ0v) is 12.9. The van der Waals surface area contributed by atoms with Gasteiger partial charge in [0.2, 0.25) is 0 Å². The van der Waals surface area contributed by atoms with Crippen LogP contribution in [-0.4, -0.2) is 21.6 Å². The molecule has 0 amide bonds. The van der Waals surface area contributed by atoms with Gasteiger partial charge in [0.25, 0.3) is 10.0 Å². The van der Waals surface area contributed by atoms with Gasteiger partial charge < -0.3 is 4.74 Å². The van der Waals surface area contributed by atoms with Gasteiger partial charge in [-0.15, -0.1) is 0 Å². The van der Waals surface area contributed by atoms with Crippen molar-refractivity contribution in [2.75, 3.05) is 17.5 Å². The standard InChI is InChI=1S/C14H12BrNO3S/c15-11-4-3-5-12(10-11)20(17,18)16-8-9-19-14-7-2-1-6-13(14)16/h1-7,10H,8-9H2. The molecule has 6 heteroatoms. The molecule has 0 N–H and O–H groups in total. The molecule has 2 aromatic rings. The van der Waals surface area contributed by atoms with Gasteiger partial charge in [0.1, 0.15) is 12.4 Å². The van der Waals surface area contributed by atoms with Gasteiger partial charge in [-0.3, -0.25) is 4.31 Å². The average Bonchev–Trinajstić information content (AvgIpc) is 2.46. The van der Waals surface area contributed by atoms with E-state index in [-0.39, 0.29) is 4.90 Å². The molecule has 0 saturated carbocycles. The SMILES string of the molecule is O=S(=O)(c1cccc(Br)c1)N1CCOc2ccccc21. The van der Waals surface area contributed by atoms with Crippen LogP contribution in [0, 0.1) is 0 Å². The summed E-state index contributed by atoms with van der Waals surface area (Å²) in [5, 5.41) is 0. The molecule has 3 rings (SSSR count). The molecule has 0 unspecified atom stereocenters. The highest BCUT2D eigenvalue weighted by atomic mass is 79.9. The van der Waals surface area contributed by atoms with Crippen LogP contribution in [0.5, 0.6) is 5.75 Å². The molecule has 0 spiro atoms. The van der Waals surface area contributed by atoms with Gasteiger partial charge in [-0.05, 0) is 30.3 Å². The molecular weight excluding hydrogens is 342 g/mol. The van der Waals surface area contributed by atoms with Gasteiger partial charge in [-0.1, -0.05) is 34.1 Å². The number of para-hydroxylation sites is 2. The van der Waals surface area contributed by atoms with E-state index in [1.807, 2.05) is 6.07 Å². The topological polar surface area (TPSA) is 46.6 Å². The molecule has 0 atom stereocenters. The molecule has 0 fully saturated rings. The normalized spacial score (nSPS) is 14.6. The molecule has 20 heavy (non-hydrogen) atoms. The number of rotatable bonds is 2. The lowest BCUT2D eigenvalue weighted by Crippen LogP contribution is -2.37. The molecule has 1 aliphatic rings. The molecule has 2 aromatic carbocycles. The highest BCUT2D eigenvalue weighted by Crippen LogP contribution is 2.35. The smallest absolute Gasteiger partial charge is 0.264 e. The molecule has 1 heterocycles. The van der Waals surface area contributed by atoms with E-state index in [1.54, 1.807) is 42.5 Å². The van der Waals surface area contributed by atoms with E-state index in [2.05, 4.69) is 15.9 Å². The van der Waals surface area contributed by atoms with Gasteiger partial charge in [0, 0.05) is 4.47 Å². The van der Waals surface area contributed by atoms with Crippen molar-refractivity contribution in [2.45, 2.75) is 4.90 Å². The predicted molar refractivity (Wildman–Crippen MR) is 80.6 cm³/mol. The Balaban J connectivity index is 2.10. The second-order valence-corrected chi connectivity index (χ2v) is 7.13. The van der Waals surface area contributed by atoms with Crippen molar-refractivity contribution in [2.24, 2.45) is 0 Å². The Morgan fingerprint density at radius 1 is 1.10 bits per heavy atom. The van der Waals surface area contributed by atoms with Crippen LogP contribution in [0.1, 0.15) is 0 Å². The van der Waals surface area contributed by atoms with Crippen molar-refractivity contribution in [3.8, 4) is 5.75 Å². The molecule has 0 aromatic heterocycles. The lowest BCUT2D eigenvalue weighted by Gasteiger charge is -2.30. The highest BCUT2D eigenvalue weighted by molar-refractivity contribution is 9.10. The van der Waals surface area contributed by atoms with Crippen molar-refractivity contribution in [3.63, 3.8) is 0 Å². The summed E-state index contributed by atoms with van der Waals surface area (Å²) in [7, 11) is -3.57. The van der Waals surface area contributed by atoms with Gasteiger partial charge in [0.15, 0.2) is 0 Å². The Hall–Kier alpha value is -1.53. The molecule has 0 saturated heterocycles. The quantitative estimate of drug-likeness (QED) is 0.833. The molecule has 104 valence electrons. The fourth-order valence-electron chi connectivity index (χ4n) is 2.15. The van der Waals surface area contributed by atoms with E-state index < -0.39 is 10.0 Å². The third-order valence-corrected chi connectivity index (χ3v) is 5.37. The summed E-state index contributed by atoms with van der Waals surface area (Å²) in [6.45, 7) is 0.663. The van der Waals surface area contributed by atoms with E-state index >= 15 is 0 Å². The summed E-state index contributed by atoms with van der Waals surface area (Å²) in [6, 6.07) is 13.9. The second kappa shape index (κ2) is 5.10. The first-order valence-corrected chi connectivity index (χ1v) is 8.32. The van der Waals surface area contributed by atoms with Crippen molar-refractivity contribution in [1.82, 2.24) is 0 Å². The zero-order valence-electron chi connectivity index (χ0n) is 10.5. The Morgan fingerprint density at radius 3 is 2.70 bits per heavy atom. The van der Waals surface area contributed by atoms with E-state index in [1.165, 1.54) is 4.31 Å². The fraction of sp³-hybridized carbons (Fsp3) is 0.143. The number of hydrogen-bond donors (Lipinski definition) is 0. The fourth-order valence-corrected chi connectivity index (χ4v) is 4.20. The molecule has 0 aliphatic carbocycles. The van der Waals surface area contributed by atoms with Crippen molar-refractivity contribution >= 4 is 31.6 Å². The van der Waals surface area contributed by atoms with Crippen molar-refractivity contribution < 1.29 is 13.2 Å². The maximum Gasteiger partial charge on any atom is 0.264 e. The van der Waals surface area contributed by atoms with Crippen molar-refractivity contribution in [3.05, 3.63) is 53.0 Å². The lowest BCUT2D eigenvalue weighted by molar-refractivity contribution is 0.316. The van der Waals surface area contributed by atoms with Crippen LogP contribution in [-0.2, 0) is 10.0 Å². The van der Waals surface area contributed by atoms with Gasteiger partial charge in [-0.25, -0.2) is 8.42 Å². The number of anilines is 1. The van der Waals surface area contributed by atoms with Crippen LogP contribution in [0.15, 0.2) is 57.9 Å². The van der Waals surface area contributed by atoms with Crippen LogP contribution >= 0.6 is 15.9 Å². The zero-order chi connectivity index (χ0) is 14.2. The average molecular weight is 354 g/mol. The summed E-state index contributed by atoms with van der Waals surface area (Å²) in [5.41, 5.74) is 0.582. The largest absolute Gasteiger partial charge is 0.489 e. The minimum atomic E-state index is -3.57. The van der Waals surface area contributed by atoms with Gasteiger partial charge in [-0.2, -0.15) is 0 Å². The minimum Gasteiger partial charge on any atom is -0.489 e. The van der Waals surface area contributed by atoms with Crippen LogP contribution in [0.3, 0.4) is 0 Å². The maximum absolute atomic E-state index is 12.8. The van der Waals surface area contributed by atoms with Crippen molar-refractivity contribution in [1.29, 1.82) is 0 Å². The molecule has 1 aliphatic heterocycles. The summed E-state index contributed by atoms with van der Waals surface area (Å²) >= 11 is 3.30. The maximum atomic E-state index is 12.8. The lowest BCUT2D eigenvalue weighted by atomic mass is 10.2. The minimum absolute atomic E-state index is 0.267. The Morgan fingerprint density at radius 2 is 1.90 bits per heavy atom. The number of fused-ring (bicyclic) bond motifs is 1. The molecule has 0 bridgehead atoms. The first kappa shape index (κ1) is 13.5. The number of ether oxygens (including phenoxy) is 1. The van der Waals surface area contributed by atoms with E-state index in [0.717, 1.165) is 4.47 Å². The number of nitrogens with zero attached hydrogens (tertiary/aromatic N) is 1. The third kappa shape index (κ3) is 2.29. The number of sulfonamides is 1. The molecule has 4 nitrogen and oxygen atoms in total. The Labute approximate surface area is 126 Å². The summed E-state index contributed by atoms with van der Waals surface area (Å²) in [4.78, 5) is 0.267. The van der Waals surface area contributed by atoms with Gasteiger partial charge >= 0.3 is 0 Å². The second-order valence-electron chi connectivity index (χ2n) is 4.35. The van der Waals surface area contributed by atoms with E-state index in [9.17, 15) is 8.42 Å². The molecule has 0 radical (unpaired) electrons. The summed E-state index contributed by atoms with van der Waals surface area (Å²) < 4.78 is 33.1. The Bertz CT molecular complexity index is 746. The van der Waals surface area contributed by atoms with Gasteiger partial charge in [0.05, 0.1) is 17.1 Å². The monoisotopic (exact) mass is 353 g/mol. The first-order chi connectivity index (χ1) is 9.59. The third-order valence-electron chi connectivity index (χ3n) is 3.07. The number of hydrogen-bond acceptors (Lipinski definition) is 3. The number of halogens is 1. The summed E-state index contributed by atoms with van der Waals surface area (Å²) in [6.07, 6.45) is 0. The van der Waals surface area contributed by atoms with Crippen LogP contribution in [0.2, 0.25) is 0 Å². The van der Waals surface area contributed by atoms with E-state index in [4.69, 9.17) is 4.74 Å².